The van der Waals surface area contributed by atoms with E-state index in [1.807, 2.05) is 0 Å². The first-order chi connectivity index (χ1) is 12.0. The predicted octanol–water partition coefficient (Wildman–Crippen LogP) is 3.59. The number of Topliss-reactive ketones (excluding diaryl/α,β-unsaturated/α-hetero) is 2. The molecule has 124 valence electrons. The van der Waals surface area contributed by atoms with Gasteiger partial charge in [-0.15, -0.1) is 0 Å². The van der Waals surface area contributed by atoms with E-state index in [0.29, 0.717) is 0 Å². The molecule has 0 atom stereocenters. The van der Waals surface area contributed by atoms with Crippen molar-refractivity contribution in [3.8, 4) is 0 Å². The second-order valence-electron chi connectivity index (χ2n) is 5.37. The van der Waals surface area contributed by atoms with Gasteiger partial charge in [0.2, 0.25) is 21.4 Å². The quantitative estimate of drug-likeness (QED) is 0.521. The highest BCUT2D eigenvalue weighted by Crippen LogP contribution is 2.22. The minimum Gasteiger partial charge on any atom is -0.285 e. The van der Waals surface area contributed by atoms with E-state index in [2.05, 4.69) is 0 Å². The summed E-state index contributed by atoms with van der Waals surface area (Å²) in [5.74, 6) is -1.41. The van der Waals surface area contributed by atoms with Crippen LogP contribution in [0.3, 0.4) is 0 Å². The number of benzene rings is 3. The zero-order valence-corrected chi connectivity index (χ0v) is 13.9. The lowest BCUT2D eigenvalue weighted by atomic mass is 10.0. The van der Waals surface area contributed by atoms with E-state index in [0.717, 1.165) is 0 Å². The fourth-order valence-electron chi connectivity index (χ4n) is 2.39. The van der Waals surface area contributed by atoms with Gasteiger partial charge in [-0.2, -0.15) is 0 Å². The maximum Gasteiger partial charge on any atom is 0.233 e. The SMILES string of the molecule is O=C(C(=O)c1cccc(S(=O)(=O)c2ccccc2)c1)c1ccccc1. The molecule has 0 aromatic heterocycles. The molecule has 0 N–H and O–H groups in total. The van der Waals surface area contributed by atoms with Crippen molar-refractivity contribution in [2.75, 3.05) is 0 Å². The number of ketones is 2. The third-order valence-corrected chi connectivity index (χ3v) is 5.47. The fourth-order valence-corrected chi connectivity index (χ4v) is 3.72. The van der Waals surface area contributed by atoms with E-state index in [4.69, 9.17) is 0 Å². The van der Waals surface area contributed by atoms with Crippen molar-refractivity contribution in [1.29, 1.82) is 0 Å². The van der Waals surface area contributed by atoms with Gasteiger partial charge in [0, 0.05) is 11.1 Å². The topological polar surface area (TPSA) is 68.3 Å². The van der Waals surface area contributed by atoms with Gasteiger partial charge < -0.3 is 0 Å². The van der Waals surface area contributed by atoms with Crippen LogP contribution in [-0.2, 0) is 9.84 Å². The van der Waals surface area contributed by atoms with Crippen molar-refractivity contribution in [3.63, 3.8) is 0 Å². The van der Waals surface area contributed by atoms with Gasteiger partial charge in [-0.25, -0.2) is 8.42 Å². The molecule has 3 aromatic rings. The van der Waals surface area contributed by atoms with Gasteiger partial charge in [0.1, 0.15) is 0 Å². The van der Waals surface area contributed by atoms with Crippen LogP contribution in [0.1, 0.15) is 20.7 Å². The van der Waals surface area contributed by atoms with Gasteiger partial charge >= 0.3 is 0 Å². The minimum absolute atomic E-state index is 0.0228. The Morgan fingerprint density at radius 1 is 0.560 bits per heavy atom. The van der Waals surface area contributed by atoms with E-state index in [9.17, 15) is 18.0 Å². The first-order valence-electron chi connectivity index (χ1n) is 7.54. The number of carbonyl (C=O) groups excluding carboxylic acids is 2. The normalized spacial score (nSPS) is 11.0. The van der Waals surface area contributed by atoms with Crippen LogP contribution in [0.2, 0.25) is 0 Å². The molecule has 0 radical (unpaired) electrons. The van der Waals surface area contributed by atoms with Crippen LogP contribution in [0, 0.1) is 0 Å². The van der Waals surface area contributed by atoms with Crippen LogP contribution >= 0.6 is 0 Å². The second-order valence-corrected chi connectivity index (χ2v) is 7.32. The molecule has 25 heavy (non-hydrogen) atoms. The van der Waals surface area contributed by atoms with Gasteiger partial charge in [-0.3, -0.25) is 9.59 Å². The van der Waals surface area contributed by atoms with E-state index in [1.165, 1.54) is 36.4 Å². The Kier molecular flexibility index (Phi) is 4.59. The van der Waals surface area contributed by atoms with Crippen LogP contribution in [0.25, 0.3) is 0 Å². The highest BCUT2D eigenvalue weighted by atomic mass is 32.2. The Labute approximate surface area is 145 Å². The Morgan fingerprint density at radius 3 is 1.68 bits per heavy atom. The third-order valence-electron chi connectivity index (χ3n) is 3.70. The number of carbonyl (C=O) groups is 2. The molecule has 3 aromatic carbocycles. The molecule has 0 unspecified atom stereocenters. The Bertz CT molecular complexity index is 1020. The summed E-state index contributed by atoms with van der Waals surface area (Å²) in [6.07, 6.45) is 0. The van der Waals surface area contributed by atoms with Crippen molar-refractivity contribution in [2.45, 2.75) is 9.79 Å². The molecule has 0 aliphatic rings. The van der Waals surface area contributed by atoms with Crippen molar-refractivity contribution >= 4 is 21.4 Å². The van der Waals surface area contributed by atoms with Gasteiger partial charge in [0.15, 0.2) is 0 Å². The number of hydrogen-bond donors (Lipinski definition) is 0. The van der Waals surface area contributed by atoms with Crippen molar-refractivity contribution in [1.82, 2.24) is 0 Å². The maximum atomic E-state index is 12.7. The summed E-state index contributed by atoms with van der Waals surface area (Å²) in [7, 11) is -3.75. The Balaban J connectivity index is 1.97. The third kappa shape index (κ3) is 3.41. The number of hydrogen-bond acceptors (Lipinski definition) is 4. The van der Waals surface area contributed by atoms with Crippen LogP contribution in [0.15, 0.2) is 94.7 Å². The van der Waals surface area contributed by atoms with Crippen LogP contribution in [0.4, 0.5) is 0 Å². The second kappa shape index (κ2) is 6.83. The van der Waals surface area contributed by atoms with Crippen LogP contribution in [0.5, 0.6) is 0 Å². The number of sulfone groups is 1. The standard InChI is InChI=1S/C20H14O4S/c21-19(15-8-3-1-4-9-15)20(22)16-10-7-13-18(14-16)25(23,24)17-11-5-2-6-12-17/h1-14H. The summed E-state index contributed by atoms with van der Waals surface area (Å²) in [6.45, 7) is 0. The lowest BCUT2D eigenvalue weighted by Crippen LogP contribution is -2.15. The van der Waals surface area contributed by atoms with E-state index in [-0.39, 0.29) is 20.9 Å². The van der Waals surface area contributed by atoms with E-state index in [1.54, 1.807) is 48.5 Å². The van der Waals surface area contributed by atoms with Gasteiger partial charge in [0.25, 0.3) is 0 Å². The molecule has 0 saturated heterocycles. The smallest absolute Gasteiger partial charge is 0.233 e. The summed E-state index contributed by atoms with van der Waals surface area (Å²) in [5.41, 5.74) is 0.315. The molecule has 3 rings (SSSR count). The molecular weight excluding hydrogens is 336 g/mol. The number of rotatable bonds is 5. The van der Waals surface area contributed by atoms with Gasteiger partial charge in [0.05, 0.1) is 9.79 Å². The summed E-state index contributed by atoms with van der Waals surface area (Å²) >= 11 is 0. The molecule has 0 aliphatic carbocycles. The van der Waals surface area contributed by atoms with Crippen molar-refractivity contribution < 1.29 is 18.0 Å². The molecule has 0 saturated carbocycles. The lowest BCUT2D eigenvalue weighted by molar-refractivity contribution is 0.0817. The summed E-state index contributed by atoms with van der Waals surface area (Å²) in [6, 6.07) is 21.7. The summed E-state index contributed by atoms with van der Waals surface area (Å²) in [4.78, 5) is 24.8. The molecule has 0 heterocycles. The Hall–Kier alpha value is -3.05. The molecule has 0 amide bonds. The zero-order valence-electron chi connectivity index (χ0n) is 13.1. The van der Waals surface area contributed by atoms with Crippen LogP contribution in [-0.4, -0.2) is 20.0 Å². The monoisotopic (exact) mass is 350 g/mol. The van der Waals surface area contributed by atoms with E-state index < -0.39 is 21.4 Å². The van der Waals surface area contributed by atoms with Gasteiger partial charge in [-0.1, -0.05) is 60.7 Å². The summed E-state index contributed by atoms with van der Waals surface area (Å²) < 4.78 is 25.3. The highest BCUT2D eigenvalue weighted by molar-refractivity contribution is 7.91. The summed E-state index contributed by atoms with van der Waals surface area (Å²) in [5, 5.41) is 0. The van der Waals surface area contributed by atoms with Gasteiger partial charge in [-0.05, 0) is 24.3 Å². The van der Waals surface area contributed by atoms with Crippen molar-refractivity contribution in [3.05, 3.63) is 96.1 Å². The first kappa shape index (κ1) is 16.8. The maximum absolute atomic E-state index is 12.7. The Morgan fingerprint density at radius 2 is 1.04 bits per heavy atom. The zero-order chi connectivity index (χ0) is 17.9. The average molecular weight is 350 g/mol. The predicted molar refractivity (Wildman–Crippen MR) is 93.4 cm³/mol. The molecular formula is C20H14O4S. The highest BCUT2D eigenvalue weighted by Gasteiger charge is 2.22. The average Bonchev–Trinajstić information content (AvgIpc) is 2.68. The van der Waals surface area contributed by atoms with E-state index >= 15 is 0 Å². The van der Waals surface area contributed by atoms with Crippen molar-refractivity contribution in [2.24, 2.45) is 0 Å². The fraction of sp³-hybridized carbons (Fsp3) is 0. The molecule has 5 heteroatoms. The van der Waals surface area contributed by atoms with Crippen LogP contribution < -0.4 is 0 Å². The largest absolute Gasteiger partial charge is 0.285 e. The lowest BCUT2D eigenvalue weighted by Gasteiger charge is -2.06. The molecule has 0 aliphatic heterocycles. The molecule has 0 spiro atoms. The first-order valence-corrected chi connectivity index (χ1v) is 9.03. The molecule has 0 fully saturated rings. The molecule has 0 bridgehead atoms. The minimum atomic E-state index is -3.75. The molecule has 4 nitrogen and oxygen atoms in total.